The molecule has 0 aliphatic carbocycles. The van der Waals surface area contributed by atoms with Crippen molar-refractivity contribution in [1.29, 1.82) is 0 Å². The molecule has 4 rings (SSSR count). The molecule has 0 saturated carbocycles. The molecule has 26 heavy (non-hydrogen) atoms. The minimum Gasteiger partial charge on any atom is -0.348 e. The minimum absolute atomic E-state index is 0.0147. The van der Waals surface area contributed by atoms with E-state index >= 15 is 0 Å². The second-order valence-corrected chi connectivity index (χ2v) is 9.20. The number of piperidine rings is 1. The molecule has 6 heteroatoms. The van der Waals surface area contributed by atoms with Crippen molar-refractivity contribution in [2.45, 2.75) is 45.6 Å². The first kappa shape index (κ1) is 17.7. The Balaban J connectivity index is 1.56. The highest BCUT2D eigenvalue weighted by molar-refractivity contribution is 7.10. The summed E-state index contributed by atoms with van der Waals surface area (Å²) >= 11 is 1.65. The zero-order valence-electron chi connectivity index (χ0n) is 15.9. The van der Waals surface area contributed by atoms with Crippen LogP contribution in [0.25, 0.3) is 0 Å². The van der Waals surface area contributed by atoms with Crippen LogP contribution in [0.3, 0.4) is 0 Å². The van der Waals surface area contributed by atoms with Crippen LogP contribution in [0, 0.1) is 12.8 Å². The number of hydrogen-bond acceptors (Lipinski definition) is 4. The lowest BCUT2D eigenvalue weighted by atomic mass is 9.78. The smallest absolute Gasteiger partial charge is 0.254 e. The van der Waals surface area contributed by atoms with Gasteiger partial charge in [0.15, 0.2) is 0 Å². The van der Waals surface area contributed by atoms with Crippen molar-refractivity contribution in [2.75, 3.05) is 26.2 Å². The molecule has 2 aliphatic heterocycles. The summed E-state index contributed by atoms with van der Waals surface area (Å²) in [6.07, 6.45) is 4.82. The standard InChI is InChI=1S/C20H28N4OS/c1-14(2)11-24-7-4-17-18(22-13-21-17)20(24)5-8-23(9-6-20)19(25)16-10-15(3)26-12-16/h10,12-14H,4-9,11H2,1-3H3,(H,21,22). The molecule has 0 bridgehead atoms. The van der Waals surface area contributed by atoms with Gasteiger partial charge >= 0.3 is 0 Å². The Morgan fingerprint density at radius 2 is 2.12 bits per heavy atom. The maximum Gasteiger partial charge on any atom is 0.254 e. The fourth-order valence-electron chi connectivity index (χ4n) is 4.60. The third-order valence-corrected chi connectivity index (χ3v) is 6.70. The van der Waals surface area contributed by atoms with Crippen molar-refractivity contribution in [3.05, 3.63) is 39.6 Å². The highest BCUT2D eigenvalue weighted by Gasteiger charge is 2.47. The first-order chi connectivity index (χ1) is 12.5. The highest BCUT2D eigenvalue weighted by atomic mass is 32.1. The molecular weight excluding hydrogens is 344 g/mol. The monoisotopic (exact) mass is 372 g/mol. The molecule has 5 nitrogen and oxygen atoms in total. The van der Waals surface area contributed by atoms with Gasteiger partial charge in [0.05, 0.1) is 23.1 Å². The number of fused-ring (bicyclic) bond motifs is 2. The van der Waals surface area contributed by atoms with Gasteiger partial charge in [0.25, 0.3) is 5.91 Å². The van der Waals surface area contributed by atoms with Gasteiger partial charge in [0.2, 0.25) is 0 Å². The molecule has 140 valence electrons. The second-order valence-electron chi connectivity index (χ2n) is 8.09. The molecule has 2 aliphatic rings. The number of H-pyrrole nitrogens is 1. The minimum atomic E-state index is -0.0147. The number of nitrogens with one attached hydrogen (secondary N) is 1. The number of likely N-dealkylation sites (tertiary alicyclic amines) is 1. The maximum atomic E-state index is 12.8. The van der Waals surface area contributed by atoms with Gasteiger partial charge < -0.3 is 9.88 Å². The van der Waals surface area contributed by atoms with Crippen LogP contribution in [0.2, 0.25) is 0 Å². The number of imidazole rings is 1. The van der Waals surface area contributed by atoms with Gasteiger partial charge in [-0.25, -0.2) is 4.98 Å². The molecular formula is C20H28N4OS. The van der Waals surface area contributed by atoms with Gasteiger partial charge in [-0.15, -0.1) is 11.3 Å². The van der Waals surface area contributed by atoms with Gasteiger partial charge in [0.1, 0.15) is 0 Å². The molecule has 2 aromatic rings. The van der Waals surface area contributed by atoms with Crippen LogP contribution in [0.4, 0.5) is 0 Å². The Kier molecular flexibility index (Phi) is 4.65. The third-order valence-electron chi connectivity index (χ3n) is 5.84. The Labute approximate surface area is 159 Å². The van der Waals surface area contributed by atoms with Crippen molar-refractivity contribution in [1.82, 2.24) is 19.8 Å². The summed E-state index contributed by atoms with van der Waals surface area (Å²) < 4.78 is 0. The molecule has 2 aromatic heterocycles. The summed E-state index contributed by atoms with van der Waals surface area (Å²) in [6.45, 7) is 10.4. The van der Waals surface area contributed by atoms with Gasteiger partial charge in [-0.2, -0.15) is 0 Å². The van der Waals surface area contributed by atoms with Crippen molar-refractivity contribution < 1.29 is 4.79 Å². The van der Waals surface area contributed by atoms with E-state index in [1.54, 1.807) is 11.3 Å². The van der Waals surface area contributed by atoms with Gasteiger partial charge in [-0.1, -0.05) is 13.8 Å². The average molecular weight is 373 g/mol. The molecule has 4 heterocycles. The fourth-order valence-corrected chi connectivity index (χ4v) is 5.28. The lowest BCUT2D eigenvalue weighted by Crippen LogP contribution is -2.57. The van der Waals surface area contributed by atoms with Crippen LogP contribution in [-0.2, 0) is 12.0 Å². The zero-order chi connectivity index (χ0) is 18.3. The fraction of sp³-hybridized carbons (Fsp3) is 0.600. The van der Waals surface area contributed by atoms with E-state index in [2.05, 4.69) is 30.7 Å². The number of carbonyl (C=O) groups excluding carboxylic acids is 1. The summed E-state index contributed by atoms with van der Waals surface area (Å²) in [5, 5.41) is 1.99. The van der Waals surface area contributed by atoms with E-state index in [4.69, 9.17) is 4.98 Å². The van der Waals surface area contributed by atoms with Crippen molar-refractivity contribution in [2.24, 2.45) is 5.92 Å². The summed E-state index contributed by atoms with van der Waals surface area (Å²) in [7, 11) is 0. The maximum absolute atomic E-state index is 12.8. The van der Waals surface area contributed by atoms with Crippen molar-refractivity contribution >= 4 is 17.2 Å². The van der Waals surface area contributed by atoms with E-state index in [0.717, 1.165) is 51.0 Å². The Hall–Kier alpha value is -1.66. The normalized spacial score (nSPS) is 19.9. The molecule has 1 saturated heterocycles. The summed E-state index contributed by atoms with van der Waals surface area (Å²) in [4.78, 5) is 26.8. The Morgan fingerprint density at radius 1 is 1.35 bits per heavy atom. The molecule has 1 N–H and O–H groups in total. The van der Waals surface area contributed by atoms with Gasteiger partial charge in [0, 0.05) is 48.6 Å². The van der Waals surface area contributed by atoms with Crippen LogP contribution in [-0.4, -0.2) is 51.9 Å². The molecule has 0 radical (unpaired) electrons. The Morgan fingerprint density at radius 3 is 2.77 bits per heavy atom. The number of thiophene rings is 1. The number of nitrogens with zero attached hydrogens (tertiary/aromatic N) is 3. The van der Waals surface area contributed by atoms with Crippen molar-refractivity contribution in [3.63, 3.8) is 0 Å². The number of aryl methyl sites for hydroxylation is 1. The average Bonchev–Trinajstić information content (AvgIpc) is 3.27. The number of carbonyl (C=O) groups is 1. The predicted octanol–water partition coefficient (Wildman–Crippen LogP) is 3.43. The first-order valence-corrected chi connectivity index (χ1v) is 10.5. The van der Waals surface area contributed by atoms with Crippen LogP contribution >= 0.6 is 11.3 Å². The molecule has 1 amide bonds. The van der Waals surface area contributed by atoms with E-state index in [0.29, 0.717) is 5.92 Å². The number of hydrogen-bond donors (Lipinski definition) is 1. The zero-order valence-corrected chi connectivity index (χ0v) is 16.7. The molecule has 0 atom stereocenters. The van der Waals surface area contributed by atoms with E-state index < -0.39 is 0 Å². The van der Waals surface area contributed by atoms with E-state index in [-0.39, 0.29) is 11.4 Å². The van der Waals surface area contributed by atoms with Gasteiger partial charge in [-0.05, 0) is 31.7 Å². The van der Waals surface area contributed by atoms with E-state index in [1.165, 1.54) is 16.3 Å². The second kappa shape index (κ2) is 6.82. The lowest BCUT2D eigenvalue weighted by molar-refractivity contribution is 0.000633. The summed E-state index contributed by atoms with van der Waals surface area (Å²) in [6, 6.07) is 2.01. The molecule has 0 unspecified atom stereocenters. The summed E-state index contributed by atoms with van der Waals surface area (Å²) in [5.41, 5.74) is 3.34. The van der Waals surface area contributed by atoms with Crippen LogP contribution < -0.4 is 0 Å². The number of aromatic nitrogens is 2. The number of amides is 1. The Bertz CT molecular complexity index is 785. The number of rotatable bonds is 3. The molecule has 1 spiro atoms. The van der Waals surface area contributed by atoms with E-state index in [1.807, 2.05) is 22.7 Å². The largest absolute Gasteiger partial charge is 0.348 e. The first-order valence-electron chi connectivity index (χ1n) is 9.62. The molecule has 1 fully saturated rings. The van der Waals surface area contributed by atoms with Crippen LogP contribution in [0.5, 0.6) is 0 Å². The topological polar surface area (TPSA) is 52.2 Å². The third kappa shape index (κ3) is 2.99. The highest BCUT2D eigenvalue weighted by Crippen LogP contribution is 2.42. The SMILES string of the molecule is Cc1cc(C(=O)N2CCC3(CC2)c2nc[nH]c2CCN3CC(C)C)cs1. The molecule has 0 aromatic carbocycles. The van der Waals surface area contributed by atoms with Crippen molar-refractivity contribution in [3.8, 4) is 0 Å². The lowest BCUT2D eigenvalue weighted by Gasteiger charge is -2.51. The van der Waals surface area contributed by atoms with Crippen LogP contribution in [0.1, 0.15) is 53.3 Å². The quantitative estimate of drug-likeness (QED) is 0.898. The van der Waals surface area contributed by atoms with Crippen LogP contribution in [0.15, 0.2) is 17.8 Å². The summed E-state index contributed by atoms with van der Waals surface area (Å²) in [5.74, 6) is 0.804. The number of aromatic amines is 1. The predicted molar refractivity (Wildman–Crippen MR) is 105 cm³/mol. The van der Waals surface area contributed by atoms with Gasteiger partial charge in [-0.3, -0.25) is 9.69 Å². The van der Waals surface area contributed by atoms with E-state index in [9.17, 15) is 4.79 Å².